The van der Waals surface area contributed by atoms with Crippen LogP contribution in [0.3, 0.4) is 0 Å². The van der Waals surface area contributed by atoms with Crippen molar-refractivity contribution in [2.75, 3.05) is 31.0 Å². The van der Waals surface area contributed by atoms with Crippen molar-refractivity contribution < 1.29 is 19.4 Å². The molecular formula is C17H24N2O4. The first kappa shape index (κ1) is 15.8. The Kier molecular flexibility index (Phi) is 4.00. The van der Waals surface area contributed by atoms with Crippen molar-refractivity contribution in [3.05, 3.63) is 12.1 Å². The van der Waals surface area contributed by atoms with Crippen LogP contribution in [-0.4, -0.2) is 43.4 Å². The molecule has 1 heterocycles. The summed E-state index contributed by atoms with van der Waals surface area (Å²) in [5.74, 6) is 0.440. The van der Waals surface area contributed by atoms with Gasteiger partial charge in [0.25, 0.3) is 0 Å². The molecule has 1 spiro atoms. The molecule has 1 aliphatic heterocycles. The van der Waals surface area contributed by atoms with Crippen LogP contribution in [0.5, 0.6) is 11.5 Å². The maximum Gasteiger partial charge on any atom is 0.326 e. The molecule has 0 bridgehead atoms. The Bertz CT molecular complexity index is 611. The number of carboxylic acid groups (broad SMARTS) is 1. The van der Waals surface area contributed by atoms with Gasteiger partial charge in [-0.2, -0.15) is 0 Å². The number of nitrogens with one attached hydrogen (secondary N) is 1. The van der Waals surface area contributed by atoms with E-state index in [1.165, 1.54) is 12.8 Å². The maximum absolute atomic E-state index is 11.6. The van der Waals surface area contributed by atoms with Crippen LogP contribution in [-0.2, 0) is 4.79 Å². The van der Waals surface area contributed by atoms with Gasteiger partial charge >= 0.3 is 5.97 Å². The Morgan fingerprint density at radius 3 is 2.43 bits per heavy atom. The van der Waals surface area contributed by atoms with Crippen molar-refractivity contribution in [3.8, 4) is 11.5 Å². The van der Waals surface area contributed by atoms with Crippen molar-refractivity contribution in [2.24, 2.45) is 0 Å². The molecule has 6 heteroatoms. The number of nitrogens with zero attached hydrogens (tertiary/aromatic N) is 1. The Balaban J connectivity index is 2.09. The summed E-state index contributed by atoms with van der Waals surface area (Å²) in [6, 6.07) is 3.18. The fourth-order valence-electron chi connectivity index (χ4n) is 3.76. The average molecular weight is 320 g/mol. The quantitative estimate of drug-likeness (QED) is 0.889. The second-order valence-corrected chi connectivity index (χ2v) is 6.48. The zero-order valence-corrected chi connectivity index (χ0v) is 13.9. The number of ether oxygens (including phenoxy) is 2. The van der Waals surface area contributed by atoms with Gasteiger partial charge < -0.3 is 24.8 Å². The minimum absolute atomic E-state index is 0.0453. The lowest BCUT2D eigenvalue weighted by molar-refractivity contribution is -0.138. The van der Waals surface area contributed by atoms with Gasteiger partial charge in [-0.3, -0.25) is 0 Å². The highest BCUT2D eigenvalue weighted by atomic mass is 16.5. The fraction of sp³-hybridized carbons (Fsp3) is 0.588. The van der Waals surface area contributed by atoms with Gasteiger partial charge in [0.05, 0.1) is 31.1 Å². The molecule has 0 saturated heterocycles. The molecular weight excluding hydrogens is 296 g/mol. The molecule has 3 rings (SSSR count). The van der Waals surface area contributed by atoms with E-state index in [0.717, 1.165) is 24.2 Å². The van der Waals surface area contributed by atoms with Crippen LogP contribution in [0.4, 0.5) is 11.4 Å². The van der Waals surface area contributed by atoms with Crippen LogP contribution in [0, 0.1) is 0 Å². The van der Waals surface area contributed by atoms with E-state index in [1.54, 1.807) is 21.1 Å². The van der Waals surface area contributed by atoms with Gasteiger partial charge in [0.15, 0.2) is 11.5 Å². The van der Waals surface area contributed by atoms with Crippen LogP contribution in [0.1, 0.15) is 32.6 Å². The fourth-order valence-corrected chi connectivity index (χ4v) is 3.76. The minimum atomic E-state index is -0.819. The number of anilines is 2. The molecule has 1 aliphatic carbocycles. The van der Waals surface area contributed by atoms with Gasteiger partial charge in [-0.1, -0.05) is 12.8 Å². The highest BCUT2D eigenvalue weighted by molar-refractivity contribution is 5.84. The molecule has 1 saturated carbocycles. The molecule has 1 unspecified atom stereocenters. The first-order valence-electron chi connectivity index (χ1n) is 8.03. The maximum atomic E-state index is 11.6. The van der Waals surface area contributed by atoms with Gasteiger partial charge in [-0.05, 0) is 19.8 Å². The van der Waals surface area contributed by atoms with Gasteiger partial charge in [0.2, 0.25) is 0 Å². The highest BCUT2D eigenvalue weighted by Crippen LogP contribution is 2.46. The monoisotopic (exact) mass is 320 g/mol. The highest BCUT2D eigenvalue weighted by Gasteiger charge is 2.42. The van der Waals surface area contributed by atoms with Crippen LogP contribution in [0.2, 0.25) is 0 Å². The van der Waals surface area contributed by atoms with Crippen LogP contribution >= 0.6 is 0 Å². The normalized spacial score (nSPS) is 19.9. The predicted molar refractivity (Wildman–Crippen MR) is 88.8 cm³/mol. The lowest BCUT2D eigenvalue weighted by Gasteiger charge is -2.45. The standard InChI is InChI=1S/C17H24N2O4/c1-11(16(20)21)19-10-17(6-4-5-7-17)18-12-8-14(22-2)15(23-3)9-13(12)19/h8-9,11,18H,4-7,10H2,1-3H3,(H,20,21). The molecule has 0 aromatic heterocycles. The topological polar surface area (TPSA) is 71.0 Å². The number of hydrogen-bond acceptors (Lipinski definition) is 5. The van der Waals surface area contributed by atoms with E-state index >= 15 is 0 Å². The molecule has 1 fully saturated rings. The smallest absolute Gasteiger partial charge is 0.326 e. The summed E-state index contributed by atoms with van der Waals surface area (Å²) < 4.78 is 10.8. The molecule has 2 N–H and O–H groups in total. The van der Waals surface area contributed by atoms with Crippen molar-refractivity contribution in [3.63, 3.8) is 0 Å². The third-order valence-electron chi connectivity index (χ3n) is 5.07. The van der Waals surface area contributed by atoms with E-state index < -0.39 is 12.0 Å². The molecule has 0 amide bonds. The van der Waals surface area contributed by atoms with Crippen LogP contribution in [0.25, 0.3) is 0 Å². The molecule has 1 atom stereocenters. The minimum Gasteiger partial charge on any atom is -0.493 e. The Hall–Kier alpha value is -2.11. The first-order valence-corrected chi connectivity index (χ1v) is 8.03. The van der Waals surface area contributed by atoms with E-state index in [2.05, 4.69) is 5.32 Å². The average Bonchev–Trinajstić information content (AvgIpc) is 2.99. The molecule has 23 heavy (non-hydrogen) atoms. The van der Waals surface area contributed by atoms with Crippen LogP contribution < -0.4 is 19.7 Å². The molecule has 1 aromatic carbocycles. The molecule has 1 aromatic rings. The van der Waals surface area contributed by atoms with Crippen LogP contribution in [0.15, 0.2) is 12.1 Å². The van der Waals surface area contributed by atoms with E-state index in [-0.39, 0.29) is 5.54 Å². The summed E-state index contributed by atoms with van der Waals surface area (Å²) in [6.45, 7) is 2.43. The van der Waals surface area contributed by atoms with E-state index in [9.17, 15) is 9.90 Å². The van der Waals surface area contributed by atoms with Crippen molar-refractivity contribution in [1.82, 2.24) is 0 Å². The van der Waals surface area contributed by atoms with Crippen molar-refractivity contribution >= 4 is 17.3 Å². The van der Waals surface area contributed by atoms with Crippen molar-refractivity contribution in [2.45, 2.75) is 44.2 Å². The van der Waals surface area contributed by atoms with Gasteiger partial charge in [-0.15, -0.1) is 0 Å². The lowest BCUT2D eigenvalue weighted by Crippen LogP contribution is -2.55. The SMILES string of the molecule is COc1cc2c(cc1OC)N(C(C)C(=O)O)CC1(CCCC1)N2. The number of methoxy groups -OCH3 is 2. The first-order chi connectivity index (χ1) is 11.0. The molecule has 126 valence electrons. The third-order valence-corrected chi connectivity index (χ3v) is 5.07. The number of carbonyl (C=O) groups is 1. The second kappa shape index (κ2) is 5.83. The van der Waals surface area contributed by atoms with Gasteiger partial charge in [0.1, 0.15) is 6.04 Å². The number of rotatable bonds is 4. The number of hydrogen-bond donors (Lipinski definition) is 2. The second-order valence-electron chi connectivity index (χ2n) is 6.48. The van der Waals surface area contributed by atoms with Crippen molar-refractivity contribution in [1.29, 1.82) is 0 Å². The Labute approximate surface area is 136 Å². The van der Waals surface area contributed by atoms with E-state index in [4.69, 9.17) is 9.47 Å². The number of benzene rings is 1. The predicted octanol–water partition coefficient (Wildman–Crippen LogP) is 2.72. The lowest BCUT2D eigenvalue weighted by atomic mass is 9.91. The van der Waals surface area contributed by atoms with E-state index in [1.807, 2.05) is 17.0 Å². The Morgan fingerprint density at radius 1 is 1.26 bits per heavy atom. The summed E-state index contributed by atoms with van der Waals surface area (Å²) >= 11 is 0. The largest absolute Gasteiger partial charge is 0.493 e. The molecule has 2 aliphatic rings. The zero-order chi connectivity index (χ0) is 16.6. The number of carboxylic acids is 1. The number of aliphatic carboxylic acids is 1. The van der Waals surface area contributed by atoms with Gasteiger partial charge in [0, 0.05) is 18.7 Å². The summed E-state index contributed by atoms with van der Waals surface area (Å²) in [6.07, 6.45) is 4.46. The Morgan fingerprint density at radius 2 is 1.87 bits per heavy atom. The summed E-state index contributed by atoms with van der Waals surface area (Å²) in [7, 11) is 3.19. The van der Waals surface area contributed by atoms with E-state index in [0.29, 0.717) is 18.0 Å². The summed E-state index contributed by atoms with van der Waals surface area (Å²) in [4.78, 5) is 13.5. The summed E-state index contributed by atoms with van der Waals surface area (Å²) in [5, 5.41) is 13.2. The van der Waals surface area contributed by atoms with Gasteiger partial charge in [-0.25, -0.2) is 4.79 Å². The zero-order valence-electron chi connectivity index (χ0n) is 13.9. The molecule has 6 nitrogen and oxygen atoms in total. The third kappa shape index (κ3) is 2.66. The summed E-state index contributed by atoms with van der Waals surface area (Å²) in [5.41, 5.74) is 1.73. The number of fused-ring (bicyclic) bond motifs is 1. The molecule has 0 radical (unpaired) electrons.